The first-order valence-corrected chi connectivity index (χ1v) is 12.4. The number of ether oxygens (including phenoxy) is 1. The van der Waals surface area contributed by atoms with E-state index in [0.717, 1.165) is 17.1 Å². The molecule has 1 aromatic heterocycles. The Morgan fingerprint density at radius 2 is 2.00 bits per heavy atom. The topological polar surface area (TPSA) is 110 Å². The van der Waals surface area contributed by atoms with Crippen molar-refractivity contribution in [3.05, 3.63) is 70.2 Å². The highest BCUT2D eigenvalue weighted by molar-refractivity contribution is 7.90. The number of amidine groups is 1. The van der Waals surface area contributed by atoms with Crippen LogP contribution in [-0.4, -0.2) is 31.7 Å². The Labute approximate surface area is 190 Å². The number of carbonyl (C=O) groups is 1. The van der Waals surface area contributed by atoms with Gasteiger partial charge < -0.3 is 10.1 Å². The zero-order valence-electron chi connectivity index (χ0n) is 17.4. The predicted molar refractivity (Wildman–Crippen MR) is 124 cm³/mol. The highest BCUT2D eigenvalue weighted by Gasteiger charge is 2.19. The molecule has 0 spiro atoms. The zero-order chi connectivity index (χ0) is 22.6. The first kappa shape index (κ1) is 22.0. The summed E-state index contributed by atoms with van der Waals surface area (Å²) < 4.78 is 33.4. The Bertz CT molecular complexity index is 1250. The summed E-state index contributed by atoms with van der Waals surface area (Å²) in [5.74, 6) is 0.738. The van der Waals surface area contributed by atoms with E-state index in [1.54, 1.807) is 47.7 Å². The summed E-state index contributed by atoms with van der Waals surface area (Å²) in [4.78, 5) is 21.1. The third-order valence-electron chi connectivity index (χ3n) is 4.70. The quantitative estimate of drug-likeness (QED) is 0.546. The van der Waals surface area contributed by atoms with Gasteiger partial charge in [-0.15, -0.1) is 11.3 Å². The molecular weight excluding hydrogens is 448 g/mol. The van der Waals surface area contributed by atoms with Gasteiger partial charge in [0.25, 0.3) is 15.9 Å². The second-order valence-electron chi connectivity index (χ2n) is 7.19. The zero-order valence-corrected chi connectivity index (χ0v) is 19.0. The Kier molecular flexibility index (Phi) is 6.52. The first-order chi connectivity index (χ1) is 15.4. The lowest BCUT2D eigenvalue weighted by Crippen LogP contribution is -2.29. The number of hydrogen-bond acceptors (Lipinski definition) is 7. The number of benzene rings is 2. The van der Waals surface area contributed by atoms with Crippen LogP contribution in [0.15, 0.2) is 63.8 Å². The Balaban J connectivity index is 1.38. The second kappa shape index (κ2) is 9.49. The summed E-state index contributed by atoms with van der Waals surface area (Å²) in [6.45, 7) is 2.92. The van der Waals surface area contributed by atoms with Gasteiger partial charge in [-0.05, 0) is 55.8 Å². The molecule has 2 heterocycles. The third kappa shape index (κ3) is 5.51. The van der Waals surface area contributed by atoms with Gasteiger partial charge in [0.2, 0.25) is 0 Å². The number of amides is 1. The van der Waals surface area contributed by atoms with Crippen LogP contribution in [0.4, 0.5) is 5.69 Å². The molecule has 3 aromatic rings. The van der Waals surface area contributed by atoms with Crippen LogP contribution in [0.3, 0.4) is 0 Å². The molecule has 0 aliphatic carbocycles. The standard InChI is InChI=1S/C22H22N4O4S2/c1-15-24-18(14-31-15)13-30-19-9-7-16(8-10-19)22(27)25-17-4-2-5-20(12-17)32(28,29)26-21-6-3-11-23-21/h2,4-5,7-10,12,14H,3,6,11,13H2,1H3,(H,23,26)(H,25,27). The van der Waals surface area contributed by atoms with Gasteiger partial charge in [-0.3, -0.25) is 14.5 Å². The Morgan fingerprint density at radius 1 is 1.19 bits per heavy atom. The number of aliphatic imine (C=N–C) groups is 1. The van der Waals surface area contributed by atoms with Crippen LogP contribution in [0.25, 0.3) is 0 Å². The fourth-order valence-corrected chi connectivity index (χ4v) is 4.85. The highest BCUT2D eigenvalue weighted by atomic mass is 32.2. The van der Waals surface area contributed by atoms with E-state index in [-0.39, 0.29) is 10.8 Å². The molecule has 8 nitrogen and oxygen atoms in total. The molecule has 1 aliphatic heterocycles. The maximum Gasteiger partial charge on any atom is 0.262 e. The van der Waals surface area contributed by atoms with Crippen LogP contribution in [0.2, 0.25) is 0 Å². The third-order valence-corrected chi connectivity index (χ3v) is 6.90. The molecule has 1 aliphatic rings. The number of carbonyl (C=O) groups excluding carboxylic acids is 1. The number of thiazole rings is 1. The minimum absolute atomic E-state index is 0.0610. The fourth-order valence-electron chi connectivity index (χ4n) is 3.12. The molecule has 0 atom stereocenters. The van der Waals surface area contributed by atoms with E-state index >= 15 is 0 Å². The number of sulfonamides is 1. The van der Waals surface area contributed by atoms with Crippen molar-refractivity contribution in [2.45, 2.75) is 31.3 Å². The molecule has 0 saturated heterocycles. The lowest BCUT2D eigenvalue weighted by Gasteiger charge is -2.10. The van der Waals surface area contributed by atoms with Gasteiger partial charge in [-0.25, -0.2) is 13.4 Å². The molecule has 10 heteroatoms. The molecule has 0 unspecified atom stereocenters. The summed E-state index contributed by atoms with van der Waals surface area (Å²) in [5, 5.41) is 5.66. The number of rotatable bonds is 7. The summed E-state index contributed by atoms with van der Waals surface area (Å²) in [5.41, 5.74) is 1.66. The van der Waals surface area contributed by atoms with E-state index in [1.807, 2.05) is 12.3 Å². The van der Waals surface area contributed by atoms with Gasteiger partial charge in [0.15, 0.2) is 0 Å². The van der Waals surface area contributed by atoms with Crippen LogP contribution in [-0.2, 0) is 16.6 Å². The van der Waals surface area contributed by atoms with Gasteiger partial charge in [0, 0.05) is 29.6 Å². The number of aromatic nitrogens is 1. The monoisotopic (exact) mass is 470 g/mol. The van der Waals surface area contributed by atoms with Crippen LogP contribution in [0.1, 0.15) is 33.9 Å². The number of hydrogen-bond donors (Lipinski definition) is 2. The van der Waals surface area contributed by atoms with Crippen molar-refractivity contribution >= 4 is 38.8 Å². The van der Waals surface area contributed by atoms with Crippen LogP contribution in [0, 0.1) is 6.92 Å². The van der Waals surface area contributed by atoms with E-state index in [9.17, 15) is 13.2 Å². The number of nitrogens with one attached hydrogen (secondary N) is 2. The van der Waals surface area contributed by atoms with E-state index in [1.165, 1.54) is 12.1 Å². The molecule has 2 aromatic carbocycles. The lowest BCUT2D eigenvalue weighted by molar-refractivity contribution is 0.102. The normalized spacial score (nSPS) is 13.5. The molecule has 0 saturated carbocycles. The number of aryl methyl sites for hydroxylation is 1. The molecule has 4 rings (SSSR count). The van der Waals surface area contributed by atoms with Crippen molar-refractivity contribution in [2.24, 2.45) is 4.99 Å². The minimum Gasteiger partial charge on any atom is -0.487 e. The molecular formula is C22H22N4O4S2. The summed E-state index contributed by atoms with van der Waals surface area (Å²) in [6.07, 6.45) is 1.45. The molecule has 0 bridgehead atoms. The van der Waals surface area contributed by atoms with Crippen LogP contribution in [0.5, 0.6) is 5.75 Å². The van der Waals surface area contributed by atoms with Gasteiger partial charge in [-0.1, -0.05) is 6.07 Å². The second-order valence-corrected chi connectivity index (χ2v) is 9.93. The lowest BCUT2D eigenvalue weighted by atomic mass is 10.2. The average molecular weight is 471 g/mol. The molecule has 1 amide bonds. The van der Waals surface area contributed by atoms with Gasteiger partial charge in [-0.2, -0.15) is 0 Å². The SMILES string of the molecule is Cc1nc(COc2ccc(C(=O)Nc3cccc(S(=O)(=O)NC4=NCCC4)c3)cc2)cs1. The van der Waals surface area contributed by atoms with E-state index in [4.69, 9.17) is 4.74 Å². The van der Waals surface area contributed by atoms with Crippen molar-refractivity contribution < 1.29 is 17.9 Å². The molecule has 0 fully saturated rings. The van der Waals surface area contributed by atoms with Crippen molar-refractivity contribution in [2.75, 3.05) is 11.9 Å². The maximum absolute atomic E-state index is 12.6. The molecule has 166 valence electrons. The van der Waals surface area contributed by atoms with Crippen molar-refractivity contribution in [3.63, 3.8) is 0 Å². The number of anilines is 1. The van der Waals surface area contributed by atoms with Gasteiger partial charge in [0.05, 0.1) is 15.6 Å². The van der Waals surface area contributed by atoms with Crippen molar-refractivity contribution in [1.29, 1.82) is 0 Å². The van der Waals surface area contributed by atoms with Crippen LogP contribution >= 0.6 is 11.3 Å². The van der Waals surface area contributed by atoms with Crippen molar-refractivity contribution in [3.8, 4) is 5.75 Å². The van der Waals surface area contributed by atoms with E-state index in [0.29, 0.717) is 42.4 Å². The molecule has 2 N–H and O–H groups in total. The predicted octanol–water partition coefficient (Wildman–Crippen LogP) is 3.75. The fraction of sp³-hybridized carbons (Fsp3) is 0.227. The number of nitrogens with zero attached hydrogens (tertiary/aromatic N) is 2. The van der Waals surface area contributed by atoms with Crippen LogP contribution < -0.4 is 14.8 Å². The molecule has 32 heavy (non-hydrogen) atoms. The largest absolute Gasteiger partial charge is 0.487 e. The van der Waals surface area contributed by atoms with Crippen molar-refractivity contribution in [1.82, 2.24) is 9.71 Å². The molecule has 0 radical (unpaired) electrons. The summed E-state index contributed by atoms with van der Waals surface area (Å²) in [7, 11) is -3.75. The minimum atomic E-state index is -3.75. The highest BCUT2D eigenvalue weighted by Crippen LogP contribution is 2.19. The van der Waals surface area contributed by atoms with Gasteiger partial charge >= 0.3 is 0 Å². The smallest absolute Gasteiger partial charge is 0.262 e. The van der Waals surface area contributed by atoms with Gasteiger partial charge in [0.1, 0.15) is 18.2 Å². The van der Waals surface area contributed by atoms with E-state index in [2.05, 4.69) is 20.0 Å². The Hall–Kier alpha value is -3.24. The first-order valence-electron chi connectivity index (χ1n) is 10.0. The maximum atomic E-state index is 12.6. The van der Waals surface area contributed by atoms with E-state index < -0.39 is 10.0 Å². The summed E-state index contributed by atoms with van der Waals surface area (Å²) in [6, 6.07) is 12.8. The Morgan fingerprint density at radius 3 is 2.69 bits per heavy atom. The average Bonchev–Trinajstić information content (AvgIpc) is 3.44. The summed E-state index contributed by atoms with van der Waals surface area (Å²) >= 11 is 1.57.